The summed E-state index contributed by atoms with van der Waals surface area (Å²) >= 11 is 0. The first-order valence-electron chi connectivity index (χ1n) is 6.27. The summed E-state index contributed by atoms with van der Waals surface area (Å²) in [5.41, 5.74) is 6.82. The van der Waals surface area contributed by atoms with E-state index in [1.165, 1.54) is 6.07 Å². The molecule has 0 amide bonds. The zero-order chi connectivity index (χ0) is 13.2. The number of anilines is 1. The summed E-state index contributed by atoms with van der Waals surface area (Å²) in [5.74, 6) is 0.431. The van der Waals surface area contributed by atoms with Crippen molar-refractivity contribution in [2.24, 2.45) is 5.73 Å². The predicted octanol–water partition coefficient (Wildman–Crippen LogP) is 1.55. The monoisotopic (exact) mass is 258 g/mol. The topological polar surface area (TPSA) is 55.0 Å². The van der Waals surface area contributed by atoms with Gasteiger partial charge in [0.25, 0.3) is 0 Å². The van der Waals surface area contributed by atoms with Crippen molar-refractivity contribution in [1.82, 2.24) is 9.97 Å². The van der Waals surface area contributed by atoms with Crippen molar-refractivity contribution in [3.63, 3.8) is 0 Å². The van der Waals surface area contributed by atoms with Crippen LogP contribution in [0.4, 0.5) is 10.3 Å². The van der Waals surface area contributed by atoms with E-state index in [2.05, 4.69) is 9.97 Å². The molecule has 0 radical (unpaired) electrons. The summed E-state index contributed by atoms with van der Waals surface area (Å²) in [6.45, 7) is 1.29. The summed E-state index contributed by atoms with van der Waals surface area (Å²) < 4.78 is 13.8. The van der Waals surface area contributed by atoms with Gasteiger partial charge in [-0.3, -0.25) is 0 Å². The molecule has 1 aromatic carbocycles. The van der Waals surface area contributed by atoms with Crippen molar-refractivity contribution in [1.29, 1.82) is 0 Å². The van der Waals surface area contributed by atoms with Gasteiger partial charge >= 0.3 is 0 Å². The molecule has 0 unspecified atom stereocenters. The Morgan fingerprint density at radius 2 is 1.84 bits per heavy atom. The summed E-state index contributed by atoms with van der Waals surface area (Å²) in [7, 11) is 0. The molecule has 1 aliphatic heterocycles. The molecule has 1 aliphatic rings. The number of rotatable bonds is 2. The van der Waals surface area contributed by atoms with Crippen molar-refractivity contribution in [2.45, 2.75) is 12.0 Å². The van der Waals surface area contributed by atoms with E-state index in [9.17, 15) is 4.39 Å². The highest BCUT2D eigenvalue weighted by Gasteiger charge is 2.33. The summed E-state index contributed by atoms with van der Waals surface area (Å²) in [6, 6.07) is 8.47. The number of nitrogens with two attached hydrogens (primary N) is 1. The van der Waals surface area contributed by atoms with Crippen LogP contribution in [0.3, 0.4) is 0 Å². The van der Waals surface area contributed by atoms with Gasteiger partial charge in [-0.15, -0.1) is 0 Å². The summed E-state index contributed by atoms with van der Waals surface area (Å²) in [5, 5.41) is 0. The first-order chi connectivity index (χ1) is 9.25. The van der Waals surface area contributed by atoms with Crippen molar-refractivity contribution in [3.8, 4) is 0 Å². The Labute approximate surface area is 111 Å². The van der Waals surface area contributed by atoms with E-state index in [1.54, 1.807) is 30.6 Å². The van der Waals surface area contributed by atoms with Gasteiger partial charge in [-0.25, -0.2) is 14.4 Å². The Morgan fingerprint density at radius 1 is 1.11 bits per heavy atom. The quantitative estimate of drug-likeness (QED) is 0.888. The Bertz CT molecular complexity index is 560. The van der Waals surface area contributed by atoms with Gasteiger partial charge in [-0.1, -0.05) is 18.2 Å². The van der Waals surface area contributed by atoms with Gasteiger partial charge in [0.2, 0.25) is 5.95 Å². The molecule has 2 atom stereocenters. The Balaban J connectivity index is 1.85. The van der Waals surface area contributed by atoms with Crippen molar-refractivity contribution < 1.29 is 4.39 Å². The van der Waals surface area contributed by atoms with Crippen LogP contribution in [0, 0.1) is 5.82 Å². The zero-order valence-corrected chi connectivity index (χ0v) is 10.4. The van der Waals surface area contributed by atoms with E-state index in [-0.39, 0.29) is 17.8 Å². The predicted molar refractivity (Wildman–Crippen MR) is 71.4 cm³/mol. The van der Waals surface area contributed by atoms with Gasteiger partial charge in [-0.05, 0) is 17.7 Å². The van der Waals surface area contributed by atoms with Crippen LogP contribution in [0.15, 0.2) is 42.7 Å². The van der Waals surface area contributed by atoms with Crippen LogP contribution >= 0.6 is 0 Å². The number of hydrogen-bond acceptors (Lipinski definition) is 4. The van der Waals surface area contributed by atoms with Crippen LogP contribution < -0.4 is 10.6 Å². The Morgan fingerprint density at radius 3 is 2.58 bits per heavy atom. The first-order valence-corrected chi connectivity index (χ1v) is 6.27. The lowest BCUT2D eigenvalue weighted by Crippen LogP contribution is -2.29. The molecule has 19 heavy (non-hydrogen) atoms. The van der Waals surface area contributed by atoms with E-state index in [1.807, 2.05) is 11.0 Å². The average Bonchev–Trinajstić information content (AvgIpc) is 2.82. The number of benzene rings is 1. The van der Waals surface area contributed by atoms with Crippen molar-refractivity contribution >= 4 is 5.95 Å². The molecule has 4 nitrogen and oxygen atoms in total. The van der Waals surface area contributed by atoms with Gasteiger partial charge in [0.1, 0.15) is 5.82 Å². The van der Waals surface area contributed by atoms with Crippen LogP contribution in [0.5, 0.6) is 0 Å². The second-order valence-electron chi connectivity index (χ2n) is 4.75. The van der Waals surface area contributed by atoms with Crippen LogP contribution in [0.25, 0.3) is 0 Å². The smallest absolute Gasteiger partial charge is 0.225 e. The molecule has 5 heteroatoms. The van der Waals surface area contributed by atoms with Gasteiger partial charge < -0.3 is 10.6 Å². The van der Waals surface area contributed by atoms with Crippen molar-refractivity contribution in [3.05, 3.63) is 54.1 Å². The van der Waals surface area contributed by atoms with Gasteiger partial charge in [0.05, 0.1) is 0 Å². The number of hydrogen-bond donors (Lipinski definition) is 1. The zero-order valence-electron chi connectivity index (χ0n) is 10.4. The SMILES string of the molecule is N[C@H]1CN(c2ncccn2)C[C@@H]1c1ccccc1F. The highest BCUT2D eigenvalue weighted by atomic mass is 19.1. The minimum atomic E-state index is -0.196. The van der Waals surface area contributed by atoms with Crippen molar-refractivity contribution in [2.75, 3.05) is 18.0 Å². The van der Waals surface area contributed by atoms with Gasteiger partial charge in [-0.2, -0.15) is 0 Å². The average molecular weight is 258 g/mol. The molecule has 0 aliphatic carbocycles. The highest BCUT2D eigenvalue weighted by Crippen LogP contribution is 2.29. The third-order valence-corrected chi connectivity index (χ3v) is 3.50. The fourth-order valence-electron chi connectivity index (χ4n) is 2.55. The Hall–Kier alpha value is -2.01. The number of halogens is 1. The van der Waals surface area contributed by atoms with E-state index in [0.29, 0.717) is 24.6 Å². The maximum Gasteiger partial charge on any atom is 0.225 e. The maximum absolute atomic E-state index is 13.8. The van der Waals surface area contributed by atoms with E-state index >= 15 is 0 Å². The molecule has 1 aromatic heterocycles. The van der Waals surface area contributed by atoms with Crippen LogP contribution in [-0.4, -0.2) is 29.1 Å². The fraction of sp³-hybridized carbons (Fsp3) is 0.286. The summed E-state index contributed by atoms with van der Waals surface area (Å²) in [4.78, 5) is 10.4. The lowest BCUT2D eigenvalue weighted by Gasteiger charge is -2.16. The first kappa shape index (κ1) is 12.0. The number of nitrogens with zero attached hydrogens (tertiary/aromatic N) is 3. The largest absolute Gasteiger partial charge is 0.339 e. The highest BCUT2D eigenvalue weighted by molar-refractivity contribution is 5.37. The lowest BCUT2D eigenvalue weighted by atomic mass is 9.94. The molecular weight excluding hydrogens is 243 g/mol. The Kier molecular flexibility index (Phi) is 3.13. The third-order valence-electron chi connectivity index (χ3n) is 3.50. The molecular formula is C14H15FN4. The molecule has 2 aromatic rings. The molecule has 98 valence electrons. The molecule has 0 spiro atoms. The molecule has 2 heterocycles. The second kappa shape index (κ2) is 4.93. The lowest BCUT2D eigenvalue weighted by molar-refractivity contribution is 0.567. The third kappa shape index (κ3) is 2.29. The molecule has 2 N–H and O–H groups in total. The van der Waals surface area contributed by atoms with Crippen LogP contribution in [-0.2, 0) is 0 Å². The minimum absolute atomic E-state index is 0.0231. The van der Waals surface area contributed by atoms with Crippen LogP contribution in [0.1, 0.15) is 11.5 Å². The standard InChI is InChI=1S/C14H15FN4/c15-12-5-2-1-4-10(12)11-8-19(9-13(11)16)14-17-6-3-7-18-14/h1-7,11,13H,8-9,16H2/t11-,13+/m1/s1. The fourth-order valence-corrected chi connectivity index (χ4v) is 2.55. The normalized spacial score (nSPS) is 22.7. The van der Waals surface area contributed by atoms with Crippen LogP contribution in [0.2, 0.25) is 0 Å². The summed E-state index contributed by atoms with van der Waals surface area (Å²) in [6.07, 6.45) is 3.40. The van der Waals surface area contributed by atoms with E-state index in [4.69, 9.17) is 5.73 Å². The maximum atomic E-state index is 13.8. The number of aromatic nitrogens is 2. The van der Waals surface area contributed by atoms with E-state index < -0.39 is 0 Å². The molecule has 0 bridgehead atoms. The minimum Gasteiger partial charge on any atom is -0.339 e. The molecule has 1 saturated heterocycles. The second-order valence-corrected chi connectivity index (χ2v) is 4.75. The van der Waals surface area contributed by atoms with E-state index in [0.717, 1.165) is 0 Å². The molecule has 3 rings (SSSR count). The van der Waals surface area contributed by atoms with Gasteiger partial charge in [0.15, 0.2) is 0 Å². The molecule has 1 fully saturated rings. The molecule has 0 saturated carbocycles. The van der Waals surface area contributed by atoms with Gasteiger partial charge in [0, 0.05) is 37.4 Å².